The highest BCUT2D eigenvalue weighted by atomic mass is 16.5. The molecule has 4 aliphatic rings. The lowest BCUT2D eigenvalue weighted by Gasteiger charge is -2.60. The van der Waals surface area contributed by atoms with Crippen LogP contribution in [0.25, 0.3) is 10.9 Å². The summed E-state index contributed by atoms with van der Waals surface area (Å²) in [6, 6.07) is 13.9. The van der Waals surface area contributed by atoms with E-state index in [9.17, 15) is 10.2 Å². The van der Waals surface area contributed by atoms with Gasteiger partial charge in [0.1, 0.15) is 0 Å². The number of aromatic nitrogens is 1. The van der Waals surface area contributed by atoms with Crippen LogP contribution >= 0.6 is 0 Å². The molecule has 1 aromatic heterocycles. The summed E-state index contributed by atoms with van der Waals surface area (Å²) in [5.41, 5.74) is 3.55. The van der Waals surface area contributed by atoms with Crippen molar-refractivity contribution in [2.75, 3.05) is 6.54 Å². The molecule has 5 heteroatoms. The number of phenolic OH excluding ortho intramolecular Hbond substituents is 1. The van der Waals surface area contributed by atoms with Crippen LogP contribution in [-0.4, -0.2) is 33.4 Å². The molecule has 0 unspecified atom stereocenters. The second kappa shape index (κ2) is 4.67. The molecule has 2 aromatic carbocycles. The molecule has 28 heavy (non-hydrogen) atoms. The first-order chi connectivity index (χ1) is 13.6. The van der Waals surface area contributed by atoms with Crippen molar-refractivity contribution >= 4 is 10.9 Å². The highest BCUT2D eigenvalue weighted by Gasteiger charge is 2.71. The third kappa shape index (κ3) is 1.50. The summed E-state index contributed by atoms with van der Waals surface area (Å²) in [5, 5.41) is 27.4. The molecule has 7 rings (SSSR count). The fraction of sp³-hybridized carbons (Fsp3) is 0.348. The molecule has 1 saturated heterocycles. The Morgan fingerprint density at radius 2 is 2.04 bits per heavy atom. The highest BCUT2D eigenvalue weighted by Crippen LogP contribution is 2.67. The minimum Gasteiger partial charge on any atom is -0.504 e. The highest BCUT2D eigenvalue weighted by molar-refractivity contribution is 5.80. The number of aromatic hydroxyl groups is 1. The van der Waals surface area contributed by atoms with E-state index in [-0.39, 0.29) is 17.9 Å². The molecule has 2 aliphatic carbocycles. The van der Waals surface area contributed by atoms with Gasteiger partial charge in [-0.25, -0.2) is 4.98 Å². The Kier molecular flexibility index (Phi) is 2.56. The number of hydrogen-bond donors (Lipinski definition) is 3. The Hall–Kier alpha value is -2.63. The SMILES string of the molecule is Oc1ccc2c3c1O[C@H]1c4nc5ccccc5cc4C[C@@]4(O)[C@@H](C2)NCC[C@]314. The zero-order chi connectivity index (χ0) is 18.7. The number of ether oxygens (including phenoxy) is 1. The molecule has 4 atom stereocenters. The summed E-state index contributed by atoms with van der Waals surface area (Å²) < 4.78 is 6.45. The van der Waals surface area contributed by atoms with Crippen molar-refractivity contribution in [1.29, 1.82) is 0 Å². The molecule has 3 N–H and O–H groups in total. The molecule has 2 aliphatic heterocycles. The van der Waals surface area contributed by atoms with Gasteiger partial charge in [-0.15, -0.1) is 0 Å². The van der Waals surface area contributed by atoms with E-state index in [1.807, 2.05) is 24.3 Å². The molecule has 3 aromatic rings. The van der Waals surface area contributed by atoms with Crippen LogP contribution in [0.1, 0.15) is 34.9 Å². The smallest absolute Gasteiger partial charge is 0.166 e. The van der Waals surface area contributed by atoms with Gasteiger partial charge in [-0.3, -0.25) is 0 Å². The maximum absolute atomic E-state index is 12.2. The fourth-order valence-corrected chi connectivity index (χ4v) is 6.44. The number of nitrogens with zero attached hydrogens (tertiary/aromatic N) is 1. The largest absolute Gasteiger partial charge is 0.504 e. The second-order valence-corrected chi connectivity index (χ2v) is 8.70. The second-order valence-electron chi connectivity index (χ2n) is 8.70. The lowest BCUT2D eigenvalue weighted by atomic mass is 9.49. The average molecular weight is 372 g/mol. The zero-order valence-corrected chi connectivity index (χ0v) is 15.3. The van der Waals surface area contributed by atoms with Gasteiger partial charge < -0.3 is 20.3 Å². The van der Waals surface area contributed by atoms with Crippen molar-refractivity contribution in [3.05, 3.63) is 64.8 Å². The summed E-state index contributed by atoms with van der Waals surface area (Å²) in [5.74, 6) is 0.702. The molecule has 0 saturated carbocycles. The lowest BCUT2D eigenvalue weighted by Crippen LogP contribution is -2.73. The first-order valence-corrected chi connectivity index (χ1v) is 9.98. The normalized spacial score (nSPS) is 33.9. The Bertz CT molecular complexity index is 1190. The van der Waals surface area contributed by atoms with Gasteiger partial charge in [0, 0.05) is 23.4 Å². The van der Waals surface area contributed by atoms with Crippen LogP contribution in [-0.2, 0) is 18.3 Å². The minimum atomic E-state index is -0.959. The van der Waals surface area contributed by atoms with Gasteiger partial charge in [0.05, 0.1) is 22.2 Å². The Balaban J connectivity index is 1.59. The number of benzene rings is 2. The molecule has 5 nitrogen and oxygen atoms in total. The molecule has 0 radical (unpaired) electrons. The van der Waals surface area contributed by atoms with Gasteiger partial charge in [-0.05, 0) is 48.7 Å². The average Bonchev–Trinajstić information content (AvgIpc) is 3.03. The van der Waals surface area contributed by atoms with Crippen molar-refractivity contribution < 1.29 is 14.9 Å². The third-order valence-corrected chi connectivity index (χ3v) is 7.58. The number of para-hydroxylation sites is 1. The number of phenols is 1. The van der Waals surface area contributed by atoms with Crippen LogP contribution in [0.15, 0.2) is 42.5 Å². The van der Waals surface area contributed by atoms with Gasteiger partial charge >= 0.3 is 0 Å². The summed E-state index contributed by atoms with van der Waals surface area (Å²) in [6.45, 7) is 0.824. The van der Waals surface area contributed by atoms with E-state index >= 15 is 0 Å². The van der Waals surface area contributed by atoms with Gasteiger partial charge in [0.2, 0.25) is 0 Å². The van der Waals surface area contributed by atoms with Crippen LogP contribution in [0.5, 0.6) is 11.5 Å². The van der Waals surface area contributed by atoms with E-state index in [1.165, 1.54) is 5.56 Å². The van der Waals surface area contributed by atoms with Crippen LogP contribution in [0, 0.1) is 0 Å². The predicted molar refractivity (Wildman–Crippen MR) is 104 cm³/mol. The van der Waals surface area contributed by atoms with Crippen molar-refractivity contribution in [1.82, 2.24) is 10.3 Å². The lowest BCUT2D eigenvalue weighted by molar-refractivity contribution is -0.134. The number of hydrogen-bond acceptors (Lipinski definition) is 5. The molecule has 140 valence electrons. The fourth-order valence-electron chi connectivity index (χ4n) is 6.44. The van der Waals surface area contributed by atoms with E-state index < -0.39 is 11.0 Å². The molecule has 1 spiro atoms. The first-order valence-electron chi connectivity index (χ1n) is 9.98. The molecule has 0 amide bonds. The Morgan fingerprint density at radius 1 is 1.14 bits per heavy atom. The number of fused-ring (bicyclic) bond motifs is 3. The van der Waals surface area contributed by atoms with Gasteiger partial charge in [-0.1, -0.05) is 24.3 Å². The van der Waals surface area contributed by atoms with E-state index in [0.717, 1.165) is 47.1 Å². The number of nitrogens with one attached hydrogen (secondary N) is 1. The minimum absolute atomic E-state index is 0.0324. The quantitative estimate of drug-likeness (QED) is 0.565. The molecule has 1 fully saturated rings. The van der Waals surface area contributed by atoms with Gasteiger partial charge in [0.15, 0.2) is 17.6 Å². The predicted octanol–water partition coefficient (Wildman–Crippen LogP) is 2.52. The molecule has 2 bridgehead atoms. The number of pyridine rings is 1. The standard InChI is InChI=1S/C23H20N2O3/c26-16-6-5-13-10-17-23(27)11-14-9-12-3-1-2-4-15(12)25-19(14)21-22(23,7-8-24-17)18(13)20(16)28-21/h1-6,9,17,21,24,26-27H,7-8,10-11H2/t17-,21+,22+,23-/m1/s1. The van der Waals surface area contributed by atoms with Crippen molar-refractivity contribution in [3.63, 3.8) is 0 Å². The third-order valence-electron chi connectivity index (χ3n) is 7.58. The summed E-state index contributed by atoms with van der Waals surface area (Å²) >= 11 is 0. The maximum atomic E-state index is 12.2. The van der Waals surface area contributed by atoms with E-state index in [2.05, 4.69) is 17.4 Å². The Labute approximate surface area is 162 Å². The maximum Gasteiger partial charge on any atom is 0.166 e. The number of piperidine rings is 1. The monoisotopic (exact) mass is 372 g/mol. The summed E-state index contributed by atoms with van der Waals surface area (Å²) in [6.07, 6.45) is 1.68. The van der Waals surface area contributed by atoms with Crippen LogP contribution in [0.3, 0.4) is 0 Å². The van der Waals surface area contributed by atoms with E-state index in [4.69, 9.17) is 9.72 Å². The Morgan fingerprint density at radius 3 is 2.96 bits per heavy atom. The number of rotatable bonds is 0. The molecular weight excluding hydrogens is 352 g/mol. The van der Waals surface area contributed by atoms with Gasteiger partial charge in [-0.2, -0.15) is 0 Å². The first kappa shape index (κ1) is 15.3. The van der Waals surface area contributed by atoms with E-state index in [1.54, 1.807) is 6.07 Å². The van der Waals surface area contributed by atoms with Crippen molar-refractivity contribution in [2.24, 2.45) is 0 Å². The van der Waals surface area contributed by atoms with Crippen LogP contribution in [0.2, 0.25) is 0 Å². The summed E-state index contributed by atoms with van der Waals surface area (Å²) in [7, 11) is 0. The van der Waals surface area contributed by atoms with E-state index in [0.29, 0.717) is 12.2 Å². The number of aliphatic hydroxyl groups is 1. The topological polar surface area (TPSA) is 74.6 Å². The zero-order valence-electron chi connectivity index (χ0n) is 15.3. The summed E-state index contributed by atoms with van der Waals surface area (Å²) in [4.78, 5) is 4.99. The van der Waals surface area contributed by atoms with Crippen molar-refractivity contribution in [3.8, 4) is 11.5 Å². The van der Waals surface area contributed by atoms with Crippen LogP contribution < -0.4 is 10.1 Å². The van der Waals surface area contributed by atoms with Gasteiger partial charge in [0.25, 0.3) is 0 Å². The molecule has 3 heterocycles. The van der Waals surface area contributed by atoms with Crippen LogP contribution in [0.4, 0.5) is 0 Å². The molecular formula is C23H20N2O3. The van der Waals surface area contributed by atoms with Crippen molar-refractivity contribution in [2.45, 2.75) is 42.4 Å².